The molecule has 0 nitrogen and oxygen atoms in total. The normalized spacial score (nSPS) is 13.5. The maximum absolute atomic E-state index is 3.60. The lowest BCUT2D eigenvalue weighted by molar-refractivity contribution is 0.447. The highest BCUT2D eigenvalue weighted by Gasteiger charge is 2.12. The van der Waals surface area contributed by atoms with E-state index in [1.54, 1.807) is 0 Å². The van der Waals surface area contributed by atoms with Gasteiger partial charge in [0.25, 0.3) is 0 Å². The van der Waals surface area contributed by atoms with Crippen molar-refractivity contribution in [3.8, 4) is 0 Å². The molecule has 0 aliphatic rings. The predicted molar refractivity (Wildman–Crippen MR) is 72.5 cm³/mol. The van der Waals surface area contributed by atoms with Gasteiger partial charge in [-0.05, 0) is 52.1 Å². The first-order chi connectivity index (χ1) is 6.63. The zero-order valence-electron chi connectivity index (χ0n) is 8.59. The summed E-state index contributed by atoms with van der Waals surface area (Å²) in [5, 5.41) is 3.26. The molecule has 0 bridgehead atoms. The molecule has 3 heteroatoms. The second-order valence-electron chi connectivity index (χ2n) is 4.05. The number of thiophene rings is 1. The van der Waals surface area contributed by atoms with Crippen molar-refractivity contribution in [3.05, 3.63) is 20.8 Å². The Labute approximate surface area is 107 Å². The third-order valence-electron chi connectivity index (χ3n) is 2.19. The highest BCUT2D eigenvalue weighted by molar-refractivity contribution is 9.10. The monoisotopic (exact) mass is 338 g/mol. The number of hydrogen-bond acceptors (Lipinski definition) is 1. The molecule has 0 fully saturated rings. The first-order valence-electron chi connectivity index (χ1n) is 4.91. The van der Waals surface area contributed by atoms with Gasteiger partial charge in [-0.3, -0.25) is 0 Å². The highest BCUT2D eigenvalue weighted by atomic mass is 79.9. The standard InChI is InChI=1S/C11H16Br2S/c1-8(2)5-9(7-12)6-11-10(13)3-4-14-11/h3-4,8-9H,5-7H2,1-2H3. The Morgan fingerprint density at radius 2 is 2.14 bits per heavy atom. The Hall–Kier alpha value is 0.660. The van der Waals surface area contributed by atoms with E-state index in [0.29, 0.717) is 0 Å². The maximum atomic E-state index is 3.60. The summed E-state index contributed by atoms with van der Waals surface area (Å²) in [5.74, 6) is 1.56. The molecule has 0 amide bonds. The summed E-state index contributed by atoms with van der Waals surface area (Å²) < 4.78 is 1.28. The van der Waals surface area contributed by atoms with Crippen LogP contribution in [-0.4, -0.2) is 5.33 Å². The SMILES string of the molecule is CC(C)CC(CBr)Cc1sccc1Br. The molecule has 14 heavy (non-hydrogen) atoms. The van der Waals surface area contributed by atoms with Gasteiger partial charge in [0.2, 0.25) is 0 Å². The number of alkyl halides is 1. The van der Waals surface area contributed by atoms with E-state index in [1.165, 1.54) is 22.2 Å². The summed E-state index contributed by atoms with van der Waals surface area (Å²) in [4.78, 5) is 1.48. The molecule has 0 aliphatic carbocycles. The van der Waals surface area contributed by atoms with E-state index >= 15 is 0 Å². The van der Waals surface area contributed by atoms with Crippen LogP contribution >= 0.6 is 43.2 Å². The summed E-state index contributed by atoms with van der Waals surface area (Å²) in [6.45, 7) is 4.58. The molecule has 1 rings (SSSR count). The van der Waals surface area contributed by atoms with Crippen molar-refractivity contribution < 1.29 is 0 Å². The van der Waals surface area contributed by atoms with Crippen molar-refractivity contribution in [3.63, 3.8) is 0 Å². The molecule has 80 valence electrons. The third-order valence-corrected chi connectivity index (χ3v) is 5.05. The first kappa shape index (κ1) is 12.7. The smallest absolute Gasteiger partial charge is 0.0314 e. The van der Waals surface area contributed by atoms with Crippen molar-refractivity contribution in [1.29, 1.82) is 0 Å². The largest absolute Gasteiger partial charge is 0.148 e. The molecule has 0 aliphatic heterocycles. The van der Waals surface area contributed by atoms with Crippen LogP contribution in [0.15, 0.2) is 15.9 Å². The minimum Gasteiger partial charge on any atom is -0.148 e. The van der Waals surface area contributed by atoms with Crippen molar-refractivity contribution in [2.24, 2.45) is 11.8 Å². The van der Waals surface area contributed by atoms with Gasteiger partial charge >= 0.3 is 0 Å². The fourth-order valence-electron chi connectivity index (χ4n) is 1.60. The molecule has 1 unspecified atom stereocenters. The lowest BCUT2D eigenvalue weighted by atomic mass is 9.95. The summed E-state index contributed by atoms with van der Waals surface area (Å²) >= 11 is 9.04. The lowest BCUT2D eigenvalue weighted by Gasteiger charge is -2.15. The van der Waals surface area contributed by atoms with Crippen LogP contribution in [0.25, 0.3) is 0 Å². The highest BCUT2D eigenvalue weighted by Crippen LogP contribution is 2.28. The fraction of sp³-hybridized carbons (Fsp3) is 0.636. The van der Waals surface area contributed by atoms with Gasteiger partial charge in [0, 0.05) is 14.7 Å². The van der Waals surface area contributed by atoms with Crippen LogP contribution in [0.5, 0.6) is 0 Å². The van der Waals surface area contributed by atoms with Gasteiger partial charge in [-0.1, -0.05) is 29.8 Å². The Morgan fingerprint density at radius 1 is 1.43 bits per heavy atom. The van der Waals surface area contributed by atoms with Crippen LogP contribution in [0.1, 0.15) is 25.1 Å². The van der Waals surface area contributed by atoms with Crippen molar-refractivity contribution >= 4 is 43.2 Å². The van der Waals surface area contributed by atoms with Crippen molar-refractivity contribution in [1.82, 2.24) is 0 Å². The molecule has 0 saturated heterocycles. The topological polar surface area (TPSA) is 0 Å². The molecule has 1 aromatic heterocycles. The van der Waals surface area contributed by atoms with Gasteiger partial charge in [-0.2, -0.15) is 0 Å². The van der Waals surface area contributed by atoms with Gasteiger partial charge in [-0.25, -0.2) is 0 Å². The van der Waals surface area contributed by atoms with Gasteiger partial charge in [-0.15, -0.1) is 11.3 Å². The predicted octanol–water partition coefficient (Wildman–Crippen LogP) is 5.11. The Balaban J connectivity index is 2.52. The average molecular weight is 340 g/mol. The molecule has 0 saturated carbocycles. The summed E-state index contributed by atoms with van der Waals surface area (Å²) in [6.07, 6.45) is 2.50. The molecular weight excluding hydrogens is 324 g/mol. The number of rotatable bonds is 5. The first-order valence-corrected chi connectivity index (χ1v) is 7.70. The van der Waals surface area contributed by atoms with E-state index in [-0.39, 0.29) is 0 Å². The molecule has 1 aromatic rings. The minimum absolute atomic E-state index is 0.768. The van der Waals surface area contributed by atoms with Gasteiger partial charge < -0.3 is 0 Å². The summed E-state index contributed by atoms with van der Waals surface area (Å²) in [6, 6.07) is 2.14. The second kappa shape index (κ2) is 6.29. The number of hydrogen-bond donors (Lipinski definition) is 0. The van der Waals surface area contributed by atoms with Crippen LogP contribution in [0.4, 0.5) is 0 Å². The second-order valence-corrected chi connectivity index (χ2v) is 6.55. The van der Waals surface area contributed by atoms with E-state index in [2.05, 4.69) is 57.2 Å². The zero-order valence-corrected chi connectivity index (χ0v) is 12.6. The molecule has 0 N–H and O–H groups in total. The van der Waals surface area contributed by atoms with Crippen LogP contribution < -0.4 is 0 Å². The fourth-order valence-corrected chi connectivity index (χ4v) is 3.72. The molecule has 0 aromatic carbocycles. The lowest BCUT2D eigenvalue weighted by Crippen LogP contribution is -2.08. The zero-order chi connectivity index (χ0) is 10.6. The average Bonchev–Trinajstić information content (AvgIpc) is 2.50. The van der Waals surface area contributed by atoms with Crippen LogP contribution in [0.3, 0.4) is 0 Å². The van der Waals surface area contributed by atoms with Crippen LogP contribution in [0.2, 0.25) is 0 Å². The Bertz CT molecular complexity index is 268. The van der Waals surface area contributed by atoms with Crippen LogP contribution in [0, 0.1) is 11.8 Å². The van der Waals surface area contributed by atoms with E-state index < -0.39 is 0 Å². The van der Waals surface area contributed by atoms with Gasteiger partial charge in [0.05, 0.1) is 0 Å². The van der Waals surface area contributed by atoms with Crippen LogP contribution in [-0.2, 0) is 6.42 Å². The Kier molecular flexibility index (Phi) is 5.72. The third kappa shape index (κ3) is 4.03. The minimum atomic E-state index is 0.768. The Morgan fingerprint density at radius 3 is 2.57 bits per heavy atom. The quantitative estimate of drug-likeness (QED) is 0.654. The van der Waals surface area contributed by atoms with Crippen molar-refractivity contribution in [2.75, 3.05) is 5.33 Å². The summed E-state index contributed by atoms with van der Waals surface area (Å²) in [7, 11) is 0. The molecule has 0 radical (unpaired) electrons. The molecule has 1 heterocycles. The molecule has 0 spiro atoms. The maximum Gasteiger partial charge on any atom is 0.0314 e. The van der Waals surface area contributed by atoms with E-state index in [1.807, 2.05) is 11.3 Å². The summed E-state index contributed by atoms with van der Waals surface area (Å²) in [5.41, 5.74) is 0. The molecular formula is C11H16Br2S. The van der Waals surface area contributed by atoms with Gasteiger partial charge in [0.15, 0.2) is 0 Å². The van der Waals surface area contributed by atoms with Gasteiger partial charge in [0.1, 0.15) is 0 Å². The van der Waals surface area contributed by atoms with E-state index in [9.17, 15) is 0 Å². The molecule has 1 atom stereocenters. The van der Waals surface area contributed by atoms with Crippen molar-refractivity contribution in [2.45, 2.75) is 26.7 Å². The van der Waals surface area contributed by atoms with E-state index in [0.717, 1.165) is 17.2 Å². The number of halogens is 2. The van der Waals surface area contributed by atoms with E-state index in [4.69, 9.17) is 0 Å².